The van der Waals surface area contributed by atoms with Crippen LogP contribution in [-0.2, 0) is 0 Å². The van der Waals surface area contributed by atoms with Crippen LogP contribution in [-0.4, -0.2) is 5.11 Å². The van der Waals surface area contributed by atoms with Crippen LogP contribution in [0.2, 0.25) is 0 Å². The van der Waals surface area contributed by atoms with Crippen molar-refractivity contribution in [3.63, 3.8) is 0 Å². The fourth-order valence-corrected chi connectivity index (χ4v) is 0.822. The number of hydrogen-bond acceptors (Lipinski definition) is 1. The highest BCUT2D eigenvalue weighted by atomic mass is 19.2. The van der Waals surface area contributed by atoms with Crippen molar-refractivity contribution in [2.75, 3.05) is 0 Å². The molecule has 1 nitrogen and oxygen atoms in total. The van der Waals surface area contributed by atoms with Crippen LogP contribution >= 0.6 is 0 Å². The summed E-state index contributed by atoms with van der Waals surface area (Å²) in [6, 6.07) is 3.24. The number of allylic oxidation sites excluding steroid dienone is 1. The smallest absolute Gasteiger partial charge is 0.159 e. The minimum absolute atomic E-state index is 0.0612. The van der Waals surface area contributed by atoms with Gasteiger partial charge in [0.2, 0.25) is 0 Å². The molecular weight excluding hydrogens is 162 g/mol. The molecule has 0 aliphatic carbocycles. The van der Waals surface area contributed by atoms with Crippen LogP contribution < -0.4 is 0 Å². The molecule has 0 aliphatic rings. The van der Waals surface area contributed by atoms with E-state index in [1.165, 1.54) is 12.1 Å². The summed E-state index contributed by atoms with van der Waals surface area (Å²) in [4.78, 5) is 0. The van der Waals surface area contributed by atoms with Crippen molar-refractivity contribution in [3.8, 4) is 0 Å². The van der Waals surface area contributed by atoms with E-state index >= 15 is 0 Å². The number of hydrogen-bond donors (Lipinski definition) is 1. The Morgan fingerprint density at radius 3 is 2.50 bits per heavy atom. The van der Waals surface area contributed by atoms with Crippen LogP contribution in [0.3, 0.4) is 0 Å². The molecule has 12 heavy (non-hydrogen) atoms. The first-order valence-electron chi connectivity index (χ1n) is 3.46. The normalized spacial score (nSPS) is 11.8. The number of rotatable bonds is 1. The molecule has 0 saturated carbocycles. The standard InChI is InChI=1S/C9H8F2O/c1-2-9(12)6-3-4-7(10)8(11)5-6/h2-5,12H,1H3. The zero-order valence-electron chi connectivity index (χ0n) is 6.51. The van der Waals surface area contributed by atoms with Gasteiger partial charge in [0.25, 0.3) is 0 Å². The fraction of sp³-hybridized carbons (Fsp3) is 0.111. The third-order valence-corrected chi connectivity index (χ3v) is 1.49. The molecule has 1 N–H and O–H groups in total. The molecule has 0 radical (unpaired) electrons. The largest absolute Gasteiger partial charge is 0.508 e. The quantitative estimate of drug-likeness (QED) is 0.642. The fourth-order valence-electron chi connectivity index (χ4n) is 0.822. The first-order chi connectivity index (χ1) is 5.65. The van der Waals surface area contributed by atoms with Crippen LogP contribution in [0.4, 0.5) is 8.78 Å². The minimum atomic E-state index is -0.958. The van der Waals surface area contributed by atoms with E-state index in [1.807, 2.05) is 0 Å². The molecule has 1 aromatic rings. The van der Waals surface area contributed by atoms with Crippen LogP contribution in [0.15, 0.2) is 24.3 Å². The highest BCUT2D eigenvalue weighted by Crippen LogP contribution is 2.14. The molecule has 1 rings (SSSR count). The summed E-state index contributed by atoms with van der Waals surface area (Å²) in [5, 5.41) is 9.12. The molecule has 0 atom stereocenters. The van der Waals surface area contributed by atoms with Crippen molar-refractivity contribution in [2.45, 2.75) is 6.92 Å². The molecule has 0 bridgehead atoms. The summed E-state index contributed by atoms with van der Waals surface area (Å²) in [5.41, 5.74) is 0.274. The van der Waals surface area contributed by atoms with Gasteiger partial charge in [-0.05, 0) is 31.2 Å². The van der Waals surface area contributed by atoms with Crippen LogP contribution in [0, 0.1) is 11.6 Å². The maximum atomic E-state index is 12.6. The Labute approximate surface area is 69.0 Å². The van der Waals surface area contributed by atoms with Crippen molar-refractivity contribution in [1.82, 2.24) is 0 Å². The topological polar surface area (TPSA) is 20.2 Å². The van der Waals surface area contributed by atoms with E-state index in [9.17, 15) is 8.78 Å². The van der Waals surface area contributed by atoms with Gasteiger partial charge in [0.15, 0.2) is 11.6 Å². The molecule has 0 amide bonds. The number of aliphatic hydroxyl groups is 1. The van der Waals surface area contributed by atoms with E-state index in [1.54, 1.807) is 6.92 Å². The lowest BCUT2D eigenvalue weighted by Gasteiger charge is -1.99. The van der Waals surface area contributed by atoms with Crippen molar-refractivity contribution in [1.29, 1.82) is 0 Å². The lowest BCUT2D eigenvalue weighted by Crippen LogP contribution is -1.87. The third kappa shape index (κ3) is 1.61. The first kappa shape index (κ1) is 8.71. The van der Waals surface area contributed by atoms with Gasteiger partial charge in [-0.1, -0.05) is 0 Å². The number of aliphatic hydroxyl groups excluding tert-OH is 1. The summed E-state index contributed by atoms with van der Waals surface area (Å²) >= 11 is 0. The predicted molar refractivity (Wildman–Crippen MR) is 42.6 cm³/mol. The van der Waals surface area contributed by atoms with Crippen molar-refractivity contribution in [3.05, 3.63) is 41.5 Å². The summed E-state index contributed by atoms with van der Waals surface area (Å²) in [5.74, 6) is -1.93. The van der Waals surface area contributed by atoms with Gasteiger partial charge >= 0.3 is 0 Å². The molecule has 64 valence electrons. The van der Waals surface area contributed by atoms with E-state index in [-0.39, 0.29) is 11.3 Å². The Balaban J connectivity index is 3.13. The van der Waals surface area contributed by atoms with E-state index in [4.69, 9.17) is 5.11 Å². The van der Waals surface area contributed by atoms with Gasteiger partial charge in [0, 0.05) is 5.56 Å². The third-order valence-electron chi connectivity index (χ3n) is 1.49. The molecule has 0 saturated heterocycles. The van der Waals surface area contributed by atoms with Gasteiger partial charge in [0.05, 0.1) is 0 Å². The molecular formula is C9H8F2O. The molecule has 1 aromatic carbocycles. The summed E-state index contributed by atoms with van der Waals surface area (Å²) < 4.78 is 25.0. The highest BCUT2D eigenvalue weighted by molar-refractivity contribution is 5.57. The Bertz CT molecular complexity index is 318. The molecule has 0 unspecified atom stereocenters. The first-order valence-corrected chi connectivity index (χ1v) is 3.46. The number of halogens is 2. The lowest BCUT2D eigenvalue weighted by molar-refractivity contribution is 0.497. The highest BCUT2D eigenvalue weighted by Gasteiger charge is 2.03. The monoisotopic (exact) mass is 170 g/mol. The molecule has 0 heterocycles. The van der Waals surface area contributed by atoms with Crippen molar-refractivity contribution < 1.29 is 13.9 Å². The van der Waals surface area contributed by atoms with Gasteiger partial charge in [-0.2, -0.15) is 0 Å². The van der Waals surface area contributed by atoms with Crippen LogP contribution in [0.25, 0.3) is 5.76 Å². The van der Waals surface area contributed by atoms with Crippen LogP contribution in [0.1, 0.15) is 12.5 Å². The van der Waals surface area contributed by atoms with E-state index in [0.29, 0.717) is 0 Å². The molecule has 3 heteroatoms. The summed E-state index contributed by atoms with van der Waals surface area (Å²) in [7, 11) is 0. The Hall–Kier alpha value is -1.38. The Kier molecular flexibility index (Phi) is 2.43. The summed E-state index contributed by atoms with van der Waals surface area (Å²) in [6.07, 6.45) is 1.41. The second kappa shape index (κ2) is 3.34. The average molecular weight is 170 g/mol. The lowest BCUT2D eigenvalue weighted by atomic mass is 10.2. The second-order valence-corrected chi connectivity index (χ2v) is 2.30. The van der Waals surface area contributed by atoms with Gasteiger partial charge in [-0.3, -0.25) is 0 Å². The zero-order valence-corrected chi connectivity index (χ0v) is 6.51. The summed E-state index contributed by atoms with van der Waals surface area (Å²) in [6.45, 7) is 1.61. The maximum Gasteiger partial charge on any atom is 0.159 e. The predicted octanol–water partition coefficient (Wildman–Crippen LogP) is 2.88. The van der Waals surface area contributed by atoms with E-state index in [2.05, 4.69) is 0 Å². The van der Waals surface area contributed by atoms with Gasteiger partial charge < -0.3 is 5.11 Å². The zero-order chi connectivity index (χ0) is 9.14. The number of benzene rings is 1. The van der Waals surface area contributed by atoms with Gasteiger partial charge in [-0.15, -0.1) is 0 Å². The maximum absolute atomic E-state index is 12.6. The minimum Gasteiger partial charge on any atom is -0.508 e. The van der Waals surface area contributed by atoms with Gasteiger partial charge in [0.1, 0.15) is 5.76 Å². The van der Waals surface area contributed by atoms with Crippen molar-refractivity contribution >= 4 is 5.76 Å². The van der Waals surface area contributed by atoms with Crippen molar-refractivity contribution in [2.24, 2.45) is 0 Å². The van der Waals surface area contributed by atoms with E-state index < -0.39 is 11.6 Å². The van der Waals surface area contributed by atoms with Crippen LogP contribution in [0.5, 0.6) is 0 Å². The molecule has 0 aromatic heterocycles. The molecule has 0 aliphatic heterocycles. The second-order valence-electron chi connectivity index (χ2n) is 2.30. The average Bonchev–Trinajstić information content (AvgIpc) is 2.08. The SMILES string of the molecule is CC=C(O)c1ccc(F)c(F)c1. The van der Waals surface area contributed by atoms with Gasteiger partial charge in [-0.25, -0.2) is 8.78 Å². The molecule has 0 spiro atoms. The molecule has 0 fully saturated rings. The Morgan fingerprint density at radius 1 is 1.33 bits per heavy atom. The van der Waals surface area contributed by atoms with E-state index in [0.717, 1.165) is 12.1 Å². The Morgan fingerprint density at radius 2 is 2.00 bits per heavy atom.